The highest BCUT2D eigenvalue weighted by Gasteiger charge is 2.15. The largest absolute Gasteiger partial charge is 0.342 e. The van der Waals surface area contributed by atoms with Crippen molar-refractivity contribution >= 4 is 23.3 Å². The van der Waals surface area contributed by atoms with Gasteiger partial charge in [0.2, 0.25) is 0 Å². The quantitative estimate of drug-likeness (QED) is 0.353. The SMILES string of the molecule is CC(NC(=O)c1cc(Cl)nc(NN)c1)c1nn[nH]n1. The molecular formula is C9H11ClN8O. The topological polar surface area (TPSA) is 134 Å². The number of halogens is 1. The minimum atomic E-state index is -0.396. The Kier molecular flexibility index (Phi) is 3.88. The van der Waals surface area contributed by atoms with Gasteiger partial charge in [-0.15, -0.1) is 10.2 Å². The van der Waals surface area contributed by atoms with Crippen LogP contribution in [0.2, 0.25) is 5.15 Å². The van der Waals surface area contributed by atoms with E-state index in [1.165, 1.54) is 12.1 Å². The standard InChI is InChI=1S/C9H11ClN8O/c1-4(8-15-17-18-16-8)12-9(19)5-2-6(10)13-7(3-5)14-11/h2-4H,11H2,1H3,(H,12,19)(H,13,14)(H,15,16,17,18). The maximum atomic E-state index is 12.0. The summed E-state index contributed by atoms with van der Waals surface area (Å²) in [6, 6.07) is 2.51. The van der Waals surface area contributed by atoms with Crippen molar-refractivity contribution in [1.29, 1.82) is 0 Å². The summed E-state index contributed by atoms with van der Waals surface area (Å²) in [6.07, 6.45) is 0. The first-order valence-electron chi connectivity index (χ1n) is 5.28. The summed E-state index contributed by atoms with van der Waals surface area (Å²) in [4.78, 5) is 15.9. The van der Waals surface area contributed by atoms with E-state index >= 15 is 0 Å². The number of rotatable bonds is 4. The second kappa shape index (κ2) is 5.59. The highest BCUT2D eigenvalue weighted by atomic mass is 35.5. The lowest BCUT2D eigenvalue weighted by atomic mass is 10.2. The molecule has 2 aromatic rings. The minimum Gasteiger partial charge on any atom is -0.342 e. The molecule has 0 spiro atoms. The van der Waals surface area contributed by atoms with E-state index in [-0.39, 0.29) is 11.1 Å². The molecule has 1 amide bonds. The number of amides is 1. The van der Waals surface area contributed by atoms with Gasteiger partial charge in [-0.2, -0.15) is 5.21 Å². The Morgan fingerprint density at radius 1 is 1.53 bits per heavy atom. The minimum absolute atomic E-state index is 0.160. The molecule has 10 heteroatoms. The molecule has 2 aromatic heterocycles. The lowest BCUT2D eigenvalue weighted by Gasteiger charge is -2.10. The monoisotopic (exact) mass is 282 g/mol. The smallest absolute Gasteiger partial charge is 0.252 e. The highest BCUT2D eigenvalue weighted by Crippen LogP contribution is 2.15. The molecule has 0 aromatic carbocycles. The molecule has 0 aliphatic rings. The Morgan fingerprint density at radius 2 is 2.32 bits per heavy atom. The summed E-state index contributed by atoms with van der Waals surface area (Å²) in [5.41, 5.74) is 2.65. The molecule has 0 aliphatic carbocycles. The molecule has 2 heterocycles. The number of hydrogen-bond donors (Lipinski definition) is 4. The molecular weight excluding hydrogens is 272 g/mol. The molecule has 0 aliphatic heterocycles. The first-order chi connectivity index (χ1) is 9.10. The van der Waals surface area contributed by atoms with Crippen LogP contribution in [0.4, 0.5) is 5.82 Å². The average molecular weight is 283 g/mol. The second-order valence-corrected chi connectivity index (χ2v) is 4.06. The number of H-pyrrole nitrogens is 1. The number of anilines is 1. The fraction of sp³-hybridized carbons (Fsp3) is 0.222. The van der Waals surface area contributed by atoms with Gasteiger partial charge in [0, 0.05) is 5.56 Å². The molecule has 1 unspecified atom stereocenters. The van der Waals surface area contributed by atoms with Crippen LogP contribution in [0.25, 0.3) is 0 Å². The normalized spacial score (nSPS) is 11.9. The zero-order chi connectivity index (χ0) is 13.8. The van der Waals surface area contributed by atoms with E-state index in [0.29, 0.717) is 17.2 Å². The van der Waals surface area contributed by atoms with Crippen LogP contribution >= 0.6 is 11.6 Å². The number of pyridine rings is 1. The Balaban J connectivity index is 2.13. The van der Waals surface area contributed by atoms with E-state index in [1.54, 1.807) is 6.92 Å². The Bertz CT molecular complexity index is 572. The number of aromatic amines is 1. The van der Waals surface area contributed by atoms with Crippen molar-refractivity contribution in [2.45, 2.75) is 13.0 Å². The molecule has 1 atom stereocenters. The van der Waals surface area contributed by atoms with Crippen LogP contribution in [0.3, 0.4) is 0 Å². The van der Waals surface area contributed by atoms with Gasteiger partial charge in [0.1, 0.15) is 11.0 Å². The average Bonchev–Trinajstić information content (AvgIpc) is 2.91. The van der Waals surface area contributed by atoms with Crippen LogP contribution in [0.5, 0.6) is 0 Å². The van der Waals surface area contributed by atoms with Gasteiger partial charge in [-0.25, -0.2) is 10.8 Å². The molecule has 100 valence electrons. The molecule has 2 rings (SSSR count). The number of nitrogen functional groups attached to an aromatic ring is 1. The van der Waals surface area contributed by atoms with Gasteiger partial charge in [-0.05, 0) is 19.1 Å². The number of tetrazole rings is 1. The molecule has 0 saturated heterocycles. The third kappa shape index (κ3) is 3.14. The van der Waals surface area contributed by atoms with Crippen molar-refractivity contribution in [1.82, 2.24) is 30.9 Å². The first-order valence-corrected chi connectivity index (χ1v) is 5.66. The summed E-state index contributed by atoms with van der Waals surface area (Å²) >= 11 is 5.78. The van der Waals surface area contributed by atoms with Crippen LogP contribution < -0.4 is 16.6 Å². The van der Waals surface area contributed by atoms with Crippen molar-refractivity contribution in [3.05, 3.63) is 28.7 Å². The lowest BCUT2D eigenvalue weighted by Crippen LogP contribution is -2.27. The Hall–Kier alpha value is -2.26. The third-order valence-corrected chi connectivity index (χ3v) is 2.49. The van der Waals surface area contributed by atoms with Crippen molar-refractivity contribution in [3.63, 3.8) is 0 Å². The summed E-state index contributed by atoms with van der Waals surface area (Å²) in [7, 11) is 0. The predicted molar refractivity (Wildman–Crippen MR) is 67.1 cm³/mol. The molecule has 0 bridgehead atoms. The molecule has 19 heavy (non-hydrogen) atoms. The van der Waals surface area contributed by atoms with E-state index < -0.39 is 6.04 Å². The van der Waals surface area contributed by atoms with E-state index in [0.717, 1.165) is 0 Å². The summed E-state index contributed by atoms with van der Waals surface area (Å²) in [5.74, 6) is 5.56. The molecule has 0 fully saturated rings. The van der Waals surface area contributed by atoms with E-state index in [1.807, 2.05) is 0 Å². The molecule has 5 N–H and O–H groups in total. The third-order valence-electron chi connectivity index (χ3n) is 2.30. The fourth-order valence-corrected chi connectivity index (χ4v) is 1.61. The maximum Gasteiger partial charge on any atom is 0.252 e. The number of nitrogens with zero attached hydrogens (tertiary/aromatic N) is 4. The van der Waals surface area contributed by atoms with Gasteiger partial charge in [0.15, 0.2) is 5.82 Å². The van der Waals surface area contributed by atoms with Crippen molar-refractivity contribution in [2.75, 3.05) is 5.43 Å². The second-order valence-electron chi connectivity index (χ2n) is 3.67. The number of hydrazine groups is 1. The van der Waals surface area contributed by atoms with Gasteiger partial charge < -0.3 is 10.7 Å². The molecule has 9 nitrogen and oxygen atoms in total. The lowest BCUT2D eigenvalue weighted by molar-refractivity contribution is 0.0938. The number of nitrogens with one attached hydrogen (secondary N) is 3. The van der Waals surface area contributed by atoms with Gasteiger partial charge in [-0.3, -0.25) is 4.79 Å². The number of nitrogens with two attached hydrogens (primary N) is 1. The van der Waals surface area contributed by atoms with Crippen LogP contribution in [-0.2, 0) is 0 Å². The summed E-state index contributed by atoms with van der Waals surface area (Å²) < 4.78 is 0. The fourth-order valence-electron chi connectivity index (χ4n) is 1.40. The summed E-state index contributed by atoms with van der Waals surface area (Å²) in [5, 5.41) is 16.2. The van der Waals surface area contributed by atoms with Gasteiger partial charge in [0.05, 0.1) is 6.04 Å². The maximum absolute atomic E-state index is 12.0. The van der Waals surface area contributed by atoms with Crippen LogP contribution in [0.15, 0.2) is 12.1 Å². The highest BCUT2D eigenvalue weighted by molar-refractivity contribution is 6.29. The van der Waals surface area contributed by atoms with Crippen LogP contribution in [-0.4, -0.2) is 31.5 Å². The van der Waals surface area contributed by atoms with Crippen molar-refractivity contribution in [2.24, 2.45) is 5.84 Å². The number of hydrogen-bond acceptors (Lipinski definition) is 7. The zero-order valence-corrected chi connectivity index (χ0v) is 10.6. The Morgan fingerprint density at radius 3 is 2.95 bits per heavy atom. The molecule has 0 saturated carbocycles. The van der Waals surface area contributed by atoms with Crippen molar-refractivity contribution < 1.29 is 4.79 Å². The Labute approximate surface area is 112 Å². The predicted octanol–water partition coefficient (Wildman–Crippen LogP) is 0.0247. The van der Waals surface area contributed by atoms with Gasteiger partial charge in [0.25, 0.3) is 5.91 Å². The van der Waals surface area contributed by atoms with Crippen molar-refractivity contribution in [3.8, 4) is 0 Å². The number of aromatic nitrogens is 5. The van der Waals surface area contributed by atoms with Gasteiger partial charge in [-0.1, -0.05) is 16.8 Å². The number of carbonyl (C=O) groups excluding carboxylic acids is 1. The first kappa shape index (κ1) is 13.2. The van der Waals surface area contributed by atoms with Crippen LogP contribution in [0, 0.1) is 0 Å². The van der Waals surface area contributed by atoms with E-state index in [4.69, 9.17) is 17.4 Å². The summed E-state index contributed by atoms with van der Waals surface area (Å²) in [6.45, 7) is 1.73. The zero-order valence-electron chi connectivity index (χ0n) is 9.88. The van der Waals surface area contributed by atoms with Crippen LogP contribution in [0.1, 0.15) is 29.1 Å². The van der Waals surface area contributed by atoms with Gasteiger partial charge >= 0.3 is 0 Å². The molecule has 0 radical (unpaired) electrons. The van der Waals surface area contributed by atoms with E-state index in [9.17, 15) is 4.79 Å². The number of carbonyl (C=O) groups is 1. The van der Waals surface area contributed by atoms with E-state index in [2.05, 4.69) is 36.4 Å².